The highest BCUT2D eigenvalue weighted by Gasteiger charge is 2.30. The first-order valence-corrected chi connectivity index (χ1v) is 9.94. The van der Waals surface area contributed by atoms with Gasteiger partial charge in [-0.15, -0.1) is 0 Å². The smallest absolute Gasteiger partial charge is 0.251 e. The molecule has 2 aromatic rings. The Morgan fingerprint density at radius 2 is 1.70 bits per heavy atom. The second-order valence-electron chi connectivity index (χ2n) is 6.02. The number of pyridine rings is 1. The summed E-state index contributed by atoms with van der Waals surface area (Å²) in [7, 11) is -3.61. The van der Waals surface area contributed by atoms with Crippen LogP contribution in [-0.2, 0) is 14.8 Å². The van der Waals surface area contributed by atoms with Crippen molar-refractivity contribution < 1.29 is 18.0 Å². The molecule has 9 heteroatoms. The first-order chi connectivity index (χ1) is 13.0. The molecular formula is C18H20N4O4S. The Morgan fingerprint density at radius 1 is 1.00 bits per heavy atom. The fourth-order valence-corrected chi connectivity index (χ4v) is 4.17. The van der Waals surface area contributed by atoms with E-state index in [1.807, 2.05) is 0 Å². The SMILES string of the molecule is O=C(NCC(=O)N1CCN(S(=O)(=O)c2cccnc2)CC1)c1ccccc1. The minimum absolute atomic E-state index is 0.122. The number of benzene rings is 1. The summed E-state index contributed by atoms with van der Waals surface area (Å²) in [4.78, 5) is 29.8. The molecule has 3 rings (SSSR count). The average molecular weight is 388 g/mol. The van der Waals surface area contributed by atoms with Crippen LogP contribution in [-0.4, -0.2) is 67.1 Å². The van der Waals surface area contributed by atoms with E-state index in [9.17, 15) is 18.0 Å². The number of nitrogens with one attached hydrogen (secondary N) is 1. The summed E-state index contributed by atoms with van der Waals surface area (Å²) in [5.41, 5.74) is 0.484. The van der Waals surface area contributed by atoms with Crippen LogP contribution in [0.25, 0.3) is 0 Å². The van der Waals surface area contributed by atoms with Crippen LogP contribution in [0.3, 0.4) is 0 Å². The number of rotatable bonds is 5. The first-order valence-electron chi connectivity index (χ1n) is 8.50. The third kappa shape index (κ3) is 4.50. The zero-order valence-corrected chi connectivity index (χ0v) is 15.4. The summed E-state index contributed by atoms with van der Waals surface area (Å²) in [5.74, 6) is -0.556. The van der Waals surface area contributed by atoms with Crippen LogP contribution in [0.2, 0.25) is 0 Å². The van der Waals surface area contributed by atoms with Gasteiger partial charge in [-0.1, -0.05) is 18.2 Å². The normalized spacial score (nSPS) is 15.3. The van der Waals surface area contributed by atoms with Gasteiger partial charge in [0.05, 0.1) is 6.54 Å². The zero-order chi connectivity index (χ0) is 19.3. The van der Waals surface area contributed by atoms with Gasteiger partial charge in [0.2, 0.25) is 15.9 Å². The number of carbonyl (C=O) groups excluding carboxylic acids is 2. The van der Waals surface area contributed by atoms with Crippen molar-refractivity contribution in [3.05, 3.63) is 60.4 Å². The highest BCUT2D eigenvalue weighted by molar-refractivity contribution is 7.89. The number of nitrogens with zero attached hydrogens (tertiary/aromatic N) is 3. The Kier molecular flexibility index (Phi) is 5.82. The maximum atomic E-state index is 12.6. The van der Waals surface area contributed by atoms with Gasteiger partial charge in [0, 0.05) is 44.1 Å². The number of piperazine rings is 1. The molecule has 2 amide bonds. The molecule has 27 heavy (non-hydrogen) atoms. The molecule has 1 aromatic heterocycles. The number of carbonyl (C=O) groups is 2. The Labute approximate surface area is 157 Å². The van der Waals surface area contributed by atoms with Gasteiger partial charge in [0.15, 0.2) is 0 Å². The maximum absolute atomic E-state index is 12.6. The second kappa shape index (κ2) is 8.28. The molecule has 0 spiro atoms. The molecular weight excluding hydrogens is 368 g/mol. The fraction of sp³-hybridized carbons (Fsp3) is 0.278. The van der Waals surface area contributed by atoms with Crippen LogP contribution in [0, 0.1) is 0 Å². The van der Waals surface area contributed by atoms with Crippen LogP contribution in [0.4, 0.5) is 0 Å². The molecule has 0 saturated carbocycles. The van der Waals surface area contributed by atoms with Gasteiger partial charge in [0.1, 0.15) is 4.90 Å². The van der Waals surface area contributed by atoms with E-state index >= 15 is 0 Å². The molecule has 8 nitrogen and oxygen atoms in total. The number of amides is 2. The fourth-order valence-electron chi connectivity index (χ4n) is 2.79. The van der Waals surface area contributed by atoms with Gasteiger partial charge in [-0.3, -0.25) is 14.6 Å². The number of hydrogen-bond acceptors (Lipinski definition) is 5. The zero-order valence-electron chi connectivity index (χ0n) is 14.6. The van der Waals surface area contributed by atoms with Gasteiger partial charge in [-0.05, 0) is 24.3 Å². The monoisotopic (exact) mass is 388 g/mol. The van der Waals surface area contributed by atoms with Crippen LogP contribution in [0.15, 0.2) is 59.8 Å². The summed E-state index contributed by atoms with van der Waals surface area (Å²) < 4.78 is 26.5. The standard InChI is InChI=1S/C18H20N4O4S/c23-17(14-20-18(24)15-5-2-1-3-6-15)21-9-11-22(12-10-21)27(25,26)16-7-4-8-19-13-16/h1-8,13H,9-12,14H2,(H,20,24). The minimum Gasteiger partial charge on any atom is -0.343 e. The molecule has 1 saturated heterocycles. The minimum atomic E-state index is -3.61. The van der Waals surface area contributed by atoms with Crippen LogP contribution < -0.4 is 5.32 Å². The van der Waals surface area contributed by atoms with Crippen molar-refractivity contribution in [2.45, 2.75) is 4.90 Å². The lowest BCUT2D eigenvalue weighted by Gasteiger charge is -2.34. The lowest BCUT2D eigenvalue weighted by atomic mass is 10.2. The Hall–Kier alpha value is -2.78. The Bertz CT molecular complexity index is 895. The highest BCUT2D eigenvalue weighted by atomic mass is 32.2. The molecule has 1 N–H and O–H groups in total. The summed E-state index contributed by atoms with van der Waals surface area (Å²) >= 11 is 0. The van der Waals surface area contributed by atoms with Crippen molar-refractivity contribution in [3.63, 3.8) is 0 Å². The van der Waals surface area contributed by atoms with E-state index in [1.54, 1.807) is 41.3 Å². The molecule has 1 aromatic carbocycles. The van der Waals surface area contributed by atoms with E-state index in [-0.39, 0.29) is 49.4 Å². The second-order valence-corrected chi connectivity index (χ2v) is 7.96. The van der Waals surface area contributed by atoms with E-state index in [1.165, 1.54) is 22.8 Å². The van der Waals surface area contributed by atoms with Crippen LogP contribution in [0.1, 0.15) is 10.4 Å². The van der Waals surface area contributed by atoms with Crippen molar-refractivity contribution in [1.29, 1.82) is 0 Å². The number of aromatic nitrogens is 1. The van der Waals surface area contributed by atoms with Crippen molar-refractivity contribution in [3.8, 4) is 0 Å². The first kappa shape index (κ1) is 19.0. The molecule has 1 fully saturated rings. The van der Waals surface area contributed by atoms with E-state index in [0.29, 0.717) is 5.56 Å². The van der Waals surface area contributed by atoms with Crippen LogP contribution >= 0.6 is 0 Å². The topological polar surface area (TPSA) is 99.7 Å². The summed E-state index contributed by atoms with van der Waals surface area (Å²) in [6.45, 7) is 0.841. The molecule has 0 bridgehead atoms. The molecule has 0 atom stereocenters. The largest absolute Gasteiger partial charge is 0.343 e. The van der Waals surface area contributed by atoms with Gasteiger partial charge in [-0.2, -0.15) is 4.31 Å². The number of sulfonamides is 1. The molecule has 0 radical (unpaired) electrons. The van der Waals surface area contributed by atoms with Gasteiger partial charge >= 0.3 is 0 Å². The Balaban J connectivity index is 1.51. The van der Waals surface area contributed by atoms with Crippen molar-refractivity contribution in [1.82, 2.24) is 19.5 Å². The summed E-state index contributed by atoms with van der Waals surface area (Å²) in [5, 5.41) is 2.59. The van der Waals surface area contributed by atoms with Gasteiger partial charge in [-0.25, -0.2) is 8.42 Å². The summed E-state index contributed by atoms with van der Waals surface area (Å²) in [6, 6.07) is 11.7. The third-order valence-corrected chi connectivity index (χ3v) is 6.18. The van der Waals surface area contributed by atoms with Gasteiger partial charge < -0.3 is 10.2 Å². The Morgan fingerprint density at radius 3 is 2.33 bits per heavy atom. The predicted octanol–water partition coefficient (Wildman–Crippen LogP) is 0.345. The van der Waals surface area contributed by atoms with Crippen molar-refractivity contribution >= 4 is 21.8 Å². The third-order valence-electron chi connectivity index (χ3n) is 4.30. The lowest BCUT2D eigenvalue weighted by molar-refractivity contribution is -0.131. The molecule has 2 heterocycles. The summed E-state index contributed by atoms with van der Waals surface area (Å²) in [6.07, 6.45) is 2.82. The quantitative estimate of drug-likeness (QED) is 0.797. The molecule has 0 unspecified atom stereocenters. The van der Waals surface area contributed by atoms with E-state index in [4.69, 9.17) is 0 Å². The molecule has 1 aliphatic heterocycles. The van der Waals surface area contributed by atoms with Crippen molar-refractivity contribution in [2.75, 3.05) is 32.7 Å². The van der Waals surface area contributed by atoms with Gasteiger partial charge in [0.25, 0.3) is 5.91 Å². The molecule has 0 aliphatic carbocycles. The molecule has 1 aliphatic rings. The highest BCUT2D eigenvalue weighted by Crippen LogP contribution is 2.16. The van der Waals surface area contributed by atoms with Crippen molar-refractivity contribution in [2.24, 2.45) is 0 Å². The maximum Gasteiger partial charge on any atom is 0.251 e. The lowest BCUT2D eigenvalue weighted by Crippen LogP contribution is -2.52. The van der Waals surface area contributed by atoms with E-state index in [0.717, 1.165) is 0 Å². The van der Waals surface area contributed by atoms with E-state index in [2.05, 4.69) is 10.3 Å². The molecule has 142 valence electrons. The predicted molar refractivity (Wildman–Crippen MR) is 98.4 cm³/mol. The van der Waals surface area contributed by atoms with Crippen LogP contribution in [0.5, 0.6) is 0 Å². The average Bonchev–Trinajstić information content (AvgIpc) is 2.73. The number of hydrogen-bond donors (Lipinski definition) is 1. The van der Waals surface area contributed by atoms with E-state index < -0.39 is 10.0 Å².